The van der Waals surface area contributed by atoms with E-state index in [1.165, 1.54) is 22.2 Å². The largest absolute Gasteiger partial charge is 0.494 e. The van der Waals surface area contributed by atoms with Gasteiger partial charge in [0.15, 0.2) is 5.13 Å². The third-order valence-electron chi connectivity index (χ3n) is 5.43. The molecule has 0 saturated carbocycles. The van der Waals surface area contributed by atoms with Crippen LogP contribution in [0.4, 0.5) is 5.13 Å². The summed E-state index contributed by atoms with van der Waals surface area (Å²) in [7, 11) is 1.57. The van der Waals surface area contributed by atoms with Gasteiger partial charge < -0.3 is 9.47 Å². The first-order valence-corrected chi connectivity index (χ1v) is 11.2. The Morgan fingerprint density at radius 2 is 2.23 bits per heavy atom. The first kappa shape index (κ1) is 21.7. The molecule has 3 heterocycles. The van der Waals surface area contributed by atoms with Gasteiger partial charge in [0.05, 0.1) is 35.8 Å². The molecule has 4 rings (SSSR count). The minimum absolute atomic E-state index is 0.0806. The van der Waals surface area contributed by atoms with E-state index in [1.54, 1.807) is 38.0 Å². The summed E-state index contributed by atoms with van der Waals surface area (Å²) in [6.45, 7) is 4.36. The molecule has 1 aromatic carbocycles. The lowest BCUT2D eigenvalue weighted by Crippen LogP contribution is -2.41. The van der Waals surface area contributed by atoms with E-state index in [1.807, 2.05) is 0 Å². The van der Waals surface area contributed by atoms with Crippen molar-refractivity contribution in [3.8, 4) is 5.75 Å². The molecule has 164 valence electrons. The number of halogens is 1. The molecule has 0 spiro atoms. The number of benzene rings is 1. The van der Waals surface area contributed by atoms with Crippen molar-refractivity contribution in [2.24, 2.45) is 0 Å². The van der Waals surface area contributed by atoms with Crippen molar-refractivity contribution in [2.45, 2.75) is 39.3 Å². The van der Waals surface area contributed by atoms with E-state index in [-0.39, 0.29) is 24.1 Å². The smallest absolute Gasteiger partial charge is 0.256 e. The number of hydrogen-bond acceptors (Lipinski definition) is 7. The van der Waals surface area contributed by atoms with Gasteiger partial charge in [0, 0.05) is 17.9 Å². The third kappa shape index (κ3) is 4.30. The van der Waals surface area contributed by atoms with Crippen molar-refractivity contribution >= 4 is 44.2 Å². The van der Waals surface area contributed by atoms with Crippen molar-refractivity contribution < 1.29 is 14.3 Å². The normalized spacial score (nSPS) is 16.1. The van der Waals surface area contributed by atoms with Gasteiger partial charge in [-0.05, 0) is 38.8 Å². The highest BCUT2D eigenvalue weighted by molar-refractivity contribution is 7.23. The number of nitrogens with zero attached hydrogens (tertiary/aromatic N) is 4. The van der Waals surface area contributed by atoms with Gasteiger partial charge in [-0.1, -0.05) is 22.9 Å². The van der Waals surface area contributed by atoms with Crippen LogP contribution in [0.1, 0.15) is 24.1 Å². The molecule has 2 aromatic heterocycles. The molecule has 1 unspecified atom stereocenters. The van der Waals surface area contributed by atoms with Crippen LogP contribution in [0.15, 0.2) is 23.3 Å². The molecule has 1 fully saturated rings. The maximum atomic E-state index is 13.4. The number of fused-ring (bicyclic) bond motifs is 1. The van der Waals surface area contributed by atoms with Crippen LogP contribution >= 0.6 is 22.9 Å². The lowest BCUT2D eigenvalue weighted by Gasteiger charge is -2.23. The summed E-state index contributed by atoms with van der Waals surface area (Å²) in [5.41, 5.74) is 1.55. The summed E-state index contributed by atoms with van der Waals surface area (Å²) in [5, 5.41) is 1.03. The fraction of sp³-hybridized carbons (Fsp3) is 0.429. The maximum absolute atomic E-state index is 13.4. The van der Waals surface area contributed by atoms with Crippen molar-refractivity contribution in [3.05, 3.63) is 45.1 Å². The summed E-state index contributed by atoms with van der Waals surface area (Å²) < 4.78 is 13.2. The highest BCUT2D eigenvalue weighted by Gasteiger charge is 2.27. The number of amides is 1. The minimum atomic E-state index is -0.267. The molecule has 0 radical (unpaired) electrons. The summed E-state index contributed by atoms with van der Waals surface area (Å²) in [6, 6.07) is 3.50. The Hall–Kier alpha value is -2.49. The van der Waals surface area contributed by atoms with E-state index in [2.05, 4.69) is 9.97 Å². The van der Waals surface area contributed by atoms with Gasteiger partial charge in [0.2, 0.25) is 5.91 Å². The molecule has 1 aliphatic rings. The van der Waals surface area contributed by atoms with Gasteiger partial charge >= 0.3 is 0 Å². The van der Waals surface area contributed by atoms with Crippen LogP contribution in [0.5, 0.6) is 5.75 Å². The van der Waals surface area contributed by atoms with E-state index in [4.69, 9.17) is 21.1 Å². The first-order valence-electron chi connectivity index (χ1n) is 9.96. The quantitative estimate of drug-likeness (QED) is 0.558. The van der Waals surface area contributed by atoms with Crippen LogP contribution < -0.4 is 15.2 Å². The van der Waals surface area contributed by atoms with Crippen LogP contribution in [-0.4, -0.2) is 46.8 Å². The Balaban J connectivity index is 1.71. The summed E-state index contributed by atoms with van der Waals surface area (Å²) in [5.74, 6) is 0.317. The number of carbonyl (C=O) groups excluding carboxylic acids is 1. The number of ether oxygens (including phenoxy) is 2. The molecule has 3 aromatic rings. The van der Waals surface area contributed by atoms with Gasteiger partial charge in [0.1, 0.15) is 17.8 Å². The van der Waals surface area contributed by atoms with E-state index < -0.39 is 0 Å². The number of anilines is 1. The second-order valence-corrected chi connectivity index (χ2v) is 8.84. The number of thiazole rings is 1. The molecule has 31 heavy (non-hydrogen) atoms. The average molecular weight is 463 g/mol. The standard InChI is InChI=1S/C21H23ClN4O4S/c1-12-13(2)23-11-25(20(12)28)10-17(27)26(9-14-5-4-8-30-14)21-24-18-16(29-3)7-6-15(22)19(18)31-21/h6-7,11,14H,4-5,8-10H2,1-3H3. The first-order chi connectivity index (χ1) is 14.9. The number of carbonyl (C=O) groups is 1. The highest BCUT2D eigenvalue weighted by Crippen LogP contribution is 2.39. The average Bonchev–Trinajstić information content (AvgIpc) is 3.43. The molecule has 1 saturated heterocycles. The van der Waals surface area contributed by atoms with Crippen LogP contribution in [-0.2, 0) is 16.1 Å². The predicted octanol–water partition coefficient (Wildman–Crippen LogP) is 3.34. The molecule has 10 heteroatoms. The lowest BCUT2D eigenvalue weighted by atomic mass is 10.2. The topological polar surface area (TPSA) is 86.5 Å². The van der Waals surface area contributed by atoms with Crippen LogP contribution in [0.25, 0.3) is 10.2 Å². The zero-order valence-corrected chi connectivity index (χ0v) is 19.1. The summed E-state index contributed by atoms with van der Waals surface area (Å²) >= 11 is 7.69. The molecular weight excluding hydrogens is 440 g/mol. The summed E-state index contributed by atoms with van der Waals surface area (Å²) in [6.07, 6.45) is 3.14. The number of hydrogen-bond donors (Lipinski definition) is 0. The molecule has 1 atom stereocenters. The molecule has 1 amide bonds. The highest BCUT2D eigenvalue weighted by atomic mass is 35.5. The SMILES string of the molecule is COc1ccc(Cl)c2sc(N(CC3CCCO3)C(=O)Cn3cnc(C)c(C)c3=O)nc12. The van der Waals surface area contributed by atoms with Gasteiger partial charge in [-0.25, -0.2) is 9.97 Å². The minimum Gasteiger partial charge on any atom is -0.494 e. The Morgan fingerprint density at radius 3 is 2.94 bits per heavy atom. The predicted molar refractivity (Wildman–Crippen MR) is 120 cm³/mol. The van der Waals surface area contributed by atoms with Crippen molar-refractivity contribution in [1.82, 2.24) is 14.5 Å². The monoisotopic (exact) mass is 462 g/mol. The summed E-state index contributed by atoms with van der Waals surface area (Å²) in [4.78, 5) is 36.4. The molecule has 1 aliphatic heterocycles. The molecule has 0 N–H and O–H groups in total. The fourth-order valence-corrected chi connectivity index (χ4v) is 4.80. The van der Waals surface area contributed by atoms with Crippen LogP contribution in [0.3, 0.4) is 0 Å². The van der Waals surface area contributed by atoms with Gasteiger partial charge in [0.25, 0.3) is 5.56 Å². The fourth-order valence-electron chi connectivity index (χ4n) is 3.52. The van der Waals surface area contributed by atoms with Crippen molar-refractivity contribution in [1.29, 1.82) is 0 Å². The second kappa shape index (κ2) is 8.94. The third-order valence-corrected chi connectivity index (χ3v) is 6.97. The van der Waals surface area contributed by atoms with Crippen LogP contribution in [0, 0.1) is 13.8 Å². The lowest BCUT2D eigenvalue weighted by molar-refractivity contribution is -0.119. The number of aryl methyl sites for hydroxylation is 1. The number of methoxy groups -OCH3 is 1. The van der Waals surface area contributed by atoms with Crippen molar-refractivity contribution in [2.75, 3.05) is 25.2 Å². The van der Waals surface area contributed by atoms with Gasteiger partial charge in [-0.3, -0.25) is 19.1 Å². The number of rotatable bonds is 6. The van der Waals surface area contributed by atoms with Crippen molar-refractivity contribution in [3.63, 3.8) is 0 Å². The van der Waals surface area contributed by atoms with Gasteiger partial charge in [-0.2, -0.15) is 0 Å². The molecule has 8 nitrogen and oxygen atoms in total. The Bertz CT molecular complexity index is 1190. The van der Waals surface area contributed by atoms with E-state index in [9.17, 15) is 9.59 Å². The van der Waals surface area contributed by atoms with Crippen LogP contribution in [0.2, 0.25) is 5.02 Å². The second-order valence-electron chi connectivity index (χ2n) is 7.45. The Morgan fingerprint density at radius 1 is 1.42 bits per heavy atom. The zero-order chi connectivity index (χ0) is 22.1. The Kier molecular flexibility index (Phi) is 6.27. The number of aromatic nitrogens is 3. The van der Waals surface area contributed by atoms with E-state index in [0.717, 1.165) is 17.5 Å². The van der Waals surface area contributed by atoms with Gasteiger partial charge in [-0.15, -0.1) is 0 Å². The molecule has 0 aliphatic carbocycles. The molecular formula is C21H23ClN4O4S. The Labute approximate surface area is 188 Å². The van der Waals surface area contributed by atoms with E-state index >= 15 is 0 Å². The van der Waals surface area contributed by atoms with E-state index in [0.29, 0.717) is 45.8 Å². The molecule has 0 bridgehead atoms. The maximum Gasteiger partial charge on any atom is 0.256 e. The zero-order valence-electron chi connectivity index (χ0n) is 17.6.